The van der Waals surface area contributed by atoms with Gasteiger partial charge in [0.05, 0.1) is 5.69 Å². The molecule has 19 heavy (non-hydrogen) atoms. The van der Waals surface area contributed by atoms with Crippen molar-refractivity contribution in [2.45, 2.75) is 18.4 Å². The second-order valence-electron chi connectivity index (χ2n) is 4.00. The molecule has 0 aliphatic carbocycles. The van der Waals surface area contributed by atoms with E-state index in [0.717, 1.165) is 5.56 Å². The summed E-state index contributed by atoms with van der Waals surface area (Å²) in [5.41, 5.74) is 7.11. The normalized spacial score (nSPS) is 11.5. The molecule has 0 fully saturated rings. The fourth-order valence-corrected chi connectivity index (χ4v) is 4.76. The summed E-state index contributed by atoms with van der Waals surface area (Å²) in [7, 11) is -3.60. The first kappa shape index (κ1) is 14.5. The third kappa shape index (κ3) is 3.17. The van der Waals surface area contributed by atoms with Crippen LogP contribution in [0.3, 0.4) is 0 Å². The largest absolute Gasteiger partial charge is 0.326 e. The van der Waals surface area contributed by atoms with Crippen molar-refractivity contribution in [2.24, 2.45) is 5.73 Å². The molecular weight excluding hydrogens is 348 g/mol. The summed E-state index contributed by atoms with van der Waals surface area (Å²) in [6.45, 7) is 2.15. The first-order valence-electron chi connectivity index (χ1n) is 5.49. The Bertz CT molecular complexity index is 696. The summed E-state index contributed by atoms with van der Waals surface area (Å²) >= 11 is 4.69. The van der Waals surface area contributed by atoms with E-state index in [4.69, 9.17) is 5.73 Å². The summed E-state index contributed by atoms with van der Waals surface area (Å²) in [4.78, 5) is 0.892. The van der Waals surface area contributed by atoms with Gasteiger partial charge in [0.25, 0.3) is 10.0 Å². The van der Waals surface area contributed by atoms with E-state index in [1.54, 1.807) is 17.5 Å². The molecule has 2 aromatic rings. The van der Waals surface area contributed by atoms with Crippen LogP contribution in [0, 0.1) is 6.92 Å². The third-order valence-electron chi connectivity index (χ3n) is 2.55. The minimum absolute atomic E-state index is 0.211. The van der Waals surface area contributed by atoms with Crippen molar-refractivity contribution in [1.29, 1.82) is 0 Å². The van der Waals surface area contributed by atoms with E-state index in [-0.39, 0.29) is 11.4 Å². The lowest BCUT2D eigenvalue weighted by atomic mass is 10.2. The van der Waals surface area contributed by atoms with Crippen molar-refractivity contribution >= 4 is 43.0 Å². The molecule has 1 aromatic carbocycles. The lowest BCUT2D eigenvalue weighted by Gasteiger charge is -2.10. The van der Waals surface area contributed by atoms with E-state index in [1.165, 1.54) is 11.3 Å². The van der Waals surface area contributed by atoms with E-state index < -0.39 is 10.0 Å². The molecule has 0 bridgehead atoms. The van der Waals surface area contributed by atoms with Gasteiger partial charge < -0.3 is 5.73 Å². The molecular formula is C12H13BrN2O2S2. The second-order valence-corrected chi connectivity index (χ2v) is 7.51. The number of sulfonamides is 1. The average molecular weight is 361 g/mol. The van der Waals surface area contributed by atoms with Gasteiger partial charge >= 0.3 is 0 Å². The molecule has 0 aliphatic rings. The molecule has 7 heteroatoms. The average Bonchev–Trinajstić information content (AvgIpc) is 2.82. The van der Waals surface area contributed by atoms with E-state index in [9.17, 15) is 8.42 Å². The van der Waals surface area contributed by atoms with Crippen molar-refractivity contribution in [1.82, 2.24) is 0 Å². The Morgan fingerprint density at radius 3 is 2.74 bits per heavy atom. The zero-order valence-corrected chi connectivity index (χ0v) is 13.4. The number of benzene rings is 1. The predicted molar refractivity (Wildman–Crippen MR) is 81.9 cm³/mol. The number of nitrogens with one attached hydrogen (secondary N) is 1. The van der Waals surface area contributed by atoms with E-state index in [2.05, 4.69) is 20.7 Å². The van der Waals surface area contributed by atoms with Crippen molar-refractivity contribution in [3.8, 4) is 0 Å². The fraction of sp³-hybridized carbons (Fsp3) is 0.167. The molecule has 0 radical (unpaired) electrons. The molecule has 1 heterocycles. The number of thiophene rings is 1. The Morgan fingerprint density at radius 2 is 2.11 bits per heavy atom. The van der Waals surface area contributed by atoms with Crippen LogP contribution in [0.2, 0.25) is 0 Å². The molecule has 0 atom stereocenters. The van der Waals surface area contributed by atoms with Gasteiger partial charge in [-0.05, 0) is 52.0 Å². The Morgan fingerprint density at radius 1 is 1.37 bits per heavy atom. The standard InChI is InChI=1S/C12H13BrN2O2S2/c1-8-2-3-10(9(13)6-8)15-19(16,17)12-4-5-18-11(12)7-14/h2-6,15H,7,14H2,1H3. The summed E-state index contributed by atoms with van der Waals surface area (Å²) in [5.74, 6) is 0. The SMILES string of the molecule is Cc1ccc(NS(=O)(=O)c2ccsc2CN)c(Br)c1. The van der Waals surface area contributed by atoms with Gasteiger partial charge in [0.15, 0.2) is 0 Å². The molecule has 0 amide bonds. The zero-order valence-electron chi connectivity index (χ0n) is 10.2. The third-order valence-corrected chi connectivity index (χ3v) is 5.73. The van der Waals surface area contributed by atoms with Crippen molar-refractivity contribution in [2.75, 3.05) is 4.72 Å². The van der Waals surface area contributed by atoms with Gasteiger partial charge in [-0.3, -0.25) is 4.72 Å². The highest BCUT2D eigenvalue weighted by atomic mass is 79.9. The number of aryl methyl sites for hydroxylation is 1. The van der Waals surface area contributed by atoms with Crippen LogP contribution in [0.25, 0.3) is 0 Å². The van der Waals surface area contributed by atoms with Crippen LogP contribution in [0.4, 0.5) is 5.69 Å². The minimum Gasteiger partial charge on any atom is -0.326 e. The molecule has 2 rings (SSSR count). The minimum atomic E-state index is -3.60. The molecule has 102 valence electrons. The number of anilines is 1. The molecule has 0 saturated carbocycles. The van der Waals surface area contributed by atoms with Gasteiger partial charge in [0.1, 0.15) is 4.90 Å². The van der Waals surface area contributed by atoms with E-state index in [1.807, 2.05) is 19.1 Å². The Labute approximate surface area is 124 Å². The molecule has 4 nitrogen and oxygen atoms in total. The Balaban J connectivity index is 2.37. The van der Waals surface area contributed by atoms with Gasteiger partial charge in [0, 0.05) is 15.9 Å². The topological polar surface area (TPSA) is 72.2 Å². The van der Waals surface area contributed by atoms with Crippen LogP contribution in [-0.2, 0) is 16.6 Å². The summed E-state index contributed by atoms with van der Waals surface area (Å²) < 4.78 is 27.9. The van der Waals surface area contributed by atoms with Crippen molar-refractivity contribution < 1.29 is 8.42 Å². The highest BCUT2D eigenvalue weighted by Crippen LogP contribution is 2.28. The lowest BCUT2D eigenvalue weighted by Crippen LogP contribution is -2.15. The predicted octanol–water partition coefficient (Wildman–Crippen LogP) is 3.08. The van der Waals surface area contributed by atoms with Gasteiger partial charge in [-0.25, -0.2) is 8.42 Å². The smallest absolute Gasteiger partial charge is 0.263 e. The molecule has 0 spiro atoms. The highest BCUT2D eigenvalue weighted by Gasteiger charge is 2.20. The van der Waals surface area contributed by atoms with Gasteiger partial charge in [-0.15, -0.1) is 11.3 Å². The van der Waals surface area contributed by atoms with Gasteiger partial charge in [0.2, 0.25) is 0 Å². The first-order valence-corrected chi connectivity index (χ1v) is 8.65. The lowest BCUT2D eigenvalue weighted by molar-refractivity contribution is 0.600. The fourth-order valence-electron chi connectivity index (χ4n) is 1.62. The number of rotatable bonds is 4. The maximum Gasteiger partial charge on any atom is 0.263 e. The highest BCUT2D eigenvalue weighted by molar-refractivity contribution is 9.10. The van der Waals surface area contributed by atoms with Crippen LogP contribution in [-0.4, -0.2) is 8.42 Å². The summed E-state index contributed by atoms with van der Waals surface area (Å²) in [6.07, 6.45) is 0. The zero-order chi connectivity index (χ0) is 14.0. The first-order chi connectivity index (χ1) is 8.94. The van der Waals surface area contributed by atoms with Gasteiger partial charge in [-0.1, -0.05) is 6.07 Å². The molecule has 0 aliphatic heterocycles. The van der Waals surface area contributed by atoms with Crippen LogP contribution in [0.1, 0.15) is 10.4 Å². The number of hydrogen-bond donors (Lipinski definition) is 2. The Kier molecular flexibility index (Phi) is 4.29. The van der Waals surface area contributed by atoms with Crippen molar-refractivity contribution in [3.05, 3.63) is 44.6 Å². The maximum absolute atomic E-state index is 12.3. The van der Waals surface area contributed by atoms with Crippen LogP contribution >= 0.6 is 27.3 Å². The number of halogens is 1. The molecule has 1 aromatic heterocycles. The van der Waals surface area contributed by atoms with Crippen LogP contribution < -0.4 is 10.5 Å². The summed E-state index contributed by atoms with van der Waals surface area (Å²) in [5, 5.41) is 1.72. The monoisotopic (exact) mass is 360 g/mol. The quantitative estimate of drug-likeness (QED) is 0.879. The number of hydrogen-bond acceptors (Lipinski definition) is 4. The van der Waals surface area contributed by atoms with Crippen LogP contribution in [0.15, 0.2) is 39.0 Å². The second kappa shape index (κ2) is 5.62. The van der Waals surface area contributed by atoms with Gasteiger partial charge in [-0.2, -0.15) is 0 Å². The van der Waals surface area contributed by atoms with E-state index >= 15 is 0 Å². The number of nitrogens with two attached hydrogens (primary N) is 1. The van der Waals surface area contributed by atoms with Crippen molar-refractivity contribution in [3.63, 3.8) is 0 Å². The van der Waals surface area contributed by atoms with Crippen LogP contribution in [0.5, 0.6) is 0 Å². The molecule has 3 N–H and O–H groups in total. The van der Waals surface area contributed by atoms with E-state index in [0.29, 0.717) is 15.0 Å². The maximum atomic E-state index is 12.3. The molecule has 0 saturated heterocycles. The molecule has 0 unspecified atom stereocenters. The Hall–Kier alpha value is -0.890. The summed E-state index contributed by atoms with van der Waals surface area (Å²) in [6, 6.07) is 7.00.